The van der Waals surface area contributed by atoms with E-state index in [1.807, 2.05) is 24.3 Å². The maximum Gasteiger partial charge on any atom is 0.334 e. The molecule has 0 bridgehead atoms. The third-order valence-corrected chi connectivity index (χ3v) is 2.90. The molecular formula is C13H15N5O. The number of carbonyl (C=O) groups excluding carboxylic acids is 1. The van der Waals surface area contributed by atoms with Gasteiger partial charge in [0.15, 0.2) is 0 Å². The van der Waals surface area contributed by atoms with Gasteiger partial charge in [-0.1, -0.05) is 24.3 Å². The van der Waals surface area contributed by atoms with Crippen molar-refractivity contribution in [2.24, 2.45) is 20.8 Å². The molecule has 0 heterocycles. The molecule has 0 radical (unpaired) electrons. The maximum atomic E-state index is 11.1. The molecule has 6 heteroatoms. The average molecular weight is 257 g/mol. The second kappa shape index (κ2) is 5.01. The fourth-order valence-electron chi connectivity index (χ4n) is 2.01. The van der Waals surface area contributed by atoms with Gasteiger partial charge in [-0.15, -0.1) is 0 Å². The highest BCUT2D eigenvalue weighted by Gasteiger charge is 2.08. The first-order valence-corrected chi connectivity index (χ1v) is 5.76. The fourth-order valence-corrected chi connectivity index (χ4v) is 2.01. The lowest BCUT2D eigenvalue weighted by molar-refractivity contribution is 0.218. The summed E-state index contributed by atoms with van der Waals surface area (Å²) in [5.41, 5.74) is 5.19. The Labute approximate surface area is 109 Å². The lowest BCUT2D eigenvalue weighted by Gasteiger charge is -2.04. The molecule has 19 heavy (non-hydrogen) atoms. The minimum absolute atomic E-state index is 0.563. The summed E-state index contributed by atoms with van der Waals surface area (Å²) in [5, 5.41) is 9.20. The molecule has 2 aromatic rings. The second-order valence-electron chi connectivity index (χ2n) is 4.00. The van der Waals surface area contributed by atoms with Crippen LogP contribution in [0.25, 0.3) is 10.8 Å². The molecule has 0 spiro atoms. The van der Waals surface area contributed by atoms with E-state index in [-0.39, 0.29) is 0 Å². The van der Waals surface area contributed by atoms with Crippen molar-refractivity contribution in [1.82, 2.24) is 5.01 Å². The molecule has 0 unspecified atom stereocenters. The van der Waals surface area contributed by atoms with Gasteiger partial charge in [-0.05, 0) is 0 Å². The second-order valence-corrected chi connectivity index (χ2v) is 4.00. The van der Waals surface area contributed by atoms with Gasteiger partial charge >= 0.3 is 6.03 Å². The smallest absolute Gasteiger partial charge is 0.334 e. The number of hydrogen-bond acceptors (Lipinski definition) is 4. The minimum Gasteiger partial charge on any atom is -0.350 e. The van der Waals surface area contributed by atoms with E-state index in [2.05, 4.69) is 15.1 Å². The van der Waals surface area contributed by atoms with Crippen LogP contribution in [0.15, 0.2) is 39.4 Å². The number of fused-ring (bicyclic) bond motifs is 1. The van der Waals surface area contributed by atoms with Crippen molar-refractivity contribution < 1.29 is 4.79 Å². The minimum atomic E-state index is -0.630. The van der Waals surface area contributed by atoms with Gasteiger partial charge in [-0.2, -0.15) is 5.10 Å². The highest BCUT2D eigenvalue weighted by atomic mass is 16.2. The molecule has 2 aromatic carbocycles. The molecule has 0 saturated heterocycles. The van der Waals surface area contributed by atoms with E-state index in [0.29, 0.717) is 16.1 Å². The monoisotopic (exact) mass is 257 g/mol. The van der Waals surface area contributed by atoms with Gasteiger partial charge < -0.3 is 5.73 Å². The number of hydrogen-bond donors (Lipinski definition) is 1. The first-order valence-electron chi connectivity index (χ1n) is 5.76. The van der Waals surface area contributed by atoms with Gasteiger partial charge in [0.25, 0.3) is 0 Å². The van der Waals surface area contributed by atoms with Crippen LogP contribution in [0.3, 0.4) is 0 Å². The van der Waals surface area contributed by atoms with Gasteiger partial charge in [0.05, 0.1) is 10.7 Å². The van der Waals surface area contributed by atoms with Crippen LogP contribution in [-0.2, 0) is 0 Å². The molecule has 98 valence electrons. The fraction of sp³-hybridized carbons (Fsp3) is 0.231. The van der Waals surface area contributed by atoms with E-state index in [1.54, 1.807) is 14.1 Å². The summed E-state index contributed by atoms with van der Waals surface area (Å²) >= 11 is 0. The van der Waals surface area contributed by atoms with Crippen LogP contribution in [-0.4, -0.2) is 32.2 Å². The van der Waals surface area contributed by atoms with Crippen LogP contribution in [0.4, 0.5) is 4.79 Å². The van der Waals surface area contributed by atoms with Crippen LogP contribution in [0, 0.1) is 0 Å². The molecule has 0 aliphatic rings. The van der Waals surface area contributed by atoms with E-state index in [1.165, 1.54) is 7.05 Å². The van der Waals surface area contributed by atoms with Gasteiger partial charge in [-0.3, -0.25) is 9.98 Å². The molecule has 0 saturated carbocycles. The third kappa shape index (κ3) is 2.12. The molecule has 0 aliphatic heterocycles. The average Bonchev–Trinajstić information content (AvgIpc) is 2.71. The summed E-state index contributed by atoms with van der Waals surface area (Å²) in [7, 11) is 4.87. The van der Waals surface area contributed by atoms with Crippen LogP contribution in [0.1, 0.15) is 0 Å². The van der Waals surface area contributed by atoms with Gasteiger partial charge in [0.2, 0.25) is 0 Å². The zero-order valence-corrected chi connectivity index (χ0v) is 11.1. The summed E-state index contributed by atoms with van der Waals surface area (Å²) in [6, 6.07) is 7.13. The summed E-state index contributed by atoms with van der Waals surface area (Å²) in [6.07, 6.45) is 0. The Morgan fingerprint density at radius 3 is 1.89 bits per heavy atom. The summed E-state index contributed by atoms with van der Waals surface area (Å²) in [4.78, 5) is 19.6. The van der Waals surface area contributed by atoms with Crippen molar-refractivity contribution in [2.75, 3.05) is 21.1 Å². The van der Waals surface area contributed by atoms with Crippen LogP contribution in [0.5, 0.6) is 0 Å². The van der Waals surface area contributed by atoms with Crippen molar-refractivity contribution in [3.63, 3.8) is 0 Å². The van der Waals surface area contributed by atoms with Gasteiger partial charge in [0, 0.05) is 31.9 Å². The Balaban J connectivity index is 3.00. The molecule has 2 amide bonds. The first-order chi connectivity index (χ1) is 9.10. The third-order valence-electron chi connectivity index (χ3n) is 2.90. The quantitative estimate of drug-likeness (QED) is 0.693. The number of nitrogens with two attached hydrogens (primary N) is 1. The maximum absolute atomic E-state index is 11.1. The standard InChI is InChI=1S/C13H15N5O/c1-15-10-8-6-4-5-7-9(8)11(16-2)12(10)17-18(3)13(14)19/h4-7H,1-3H3,(H2,14,19). The molecule has 6 nitrogen and oxygen atoms in total. The normalized spacial score (nSPS) is 13.0. The number of urea groups is 1. The SMILES string of the molecule is CN=c1c(=NN(C)C(N)=O)c(=NC)c2ccccc12. The van der Waals surface area contributed by atoms with Crippen molar-refractivity contribution in [3.8, 4) is 0 Å². The highest BCUT2D eigenvalue weighted by molar-refractivity contribution is 5.83. The lowest BCUT2D eigenvalue weighted by atomic mass is 10.2. The van der Waals surface area contributed by atoms with Crippen molar-refractivity contribution in [2.45, 2.75) is 0 Å². The molecule has 2 N–H and O–H groups in total. The zero-order chi connectivity index (χ0) is 14.0. The van der Waals surface area contributed by atoms with Crippen molar-refractivity contribution in [3.05, 3.63) is 40.3 Å². The summed E-state index contributed by atoms with van der Waals surface area (Å²) < 4.78 is 0. The predicted octanol–water partition coefficient (Wildman–Crippen LogP) is -0.397. The Morgan fingerprint density at radius 1 is 1.05 bits per heavy atom. The van der Waals surface area contributed by atoms with E-state index < -0.39 is 6.03 Å². The molecular weight excluding hydrogens is 242 g/mol. The Morgan fingerprint density at radius 2 is 1.53 bits per heavy atom. The van der Waals surface area contributed by atoms with Gasteiger partial charge in [0.1, 0.15) is 5.36 Å². The van der Waals surface area contributed by atoms with Crippen LogP contribution < -0.4 is 21.8 Å². The number of benzene rings is 1. The van der Waals surface area contributed by atoms with Gasteiger partial charge in [-0.25, -0.2) is 9.80 Å². The summed E-state index contributed by atoms with van der Waals surface area (Å²) in [6.45, 7) is 0. The lowest BCUT2D eigenvalue weighted by Crippen LogP contribution is -2.39. The summed E-state index contributed by atoms with van der Waals surface area (Å²) in [5.74, 6) is 0. The number of primary amides is 1. The molecule has 0 aromatic heterocycles. The number of rotatable bonds is 1. The Hall–Kier alpha value is -2.50. The molecule has 2 rings (SSSR count). The molecule has 0 atom stereocenters. The Kier molecular flexibility index (Phi) is 3.41. The number of nitrogens with zero attached hydrogens (tertiary/aromatic N) is 4. The van der Waals surface area contributed by atoms with E-state index in [4.69, 9.17) is 5.73 Å². The van der Waals surface area contributed by atoms with Crippen molar-refractivity contribution in [1.29, 1.82) is 0 Å². The zero-order valence-electron chi connectivity index (χ0n) is 11.1. The topological polar surface area (TPSA) is 83.4 Å². The van der Waals surface area contributed by atoms with Crippen LogP contribution in [0.2, 0.25) is 0 Å². The van der Waals surface area contributed by atoms with E-state index in [0.717, 1.165) is 15.8 Å². The molecule has 0 aliphatic carbocycles. The largest absolute Gasteiger partial charge is 0.350 e. The number of carbonyl (C=O) groups is 1. The first kappa shape index (κ1) is 12.9. The Bertz CT molecular complexity index is 743. The number of amides is 2. The highest BCUT2D eigenvalue weighted by Crippen LogP contribution is 2.02. The van der Waals surface area contributed by atoms with Crippen LogP contribution >= 0.6 is 0 Å². The molecule has 0 fully saturated rings. The van der Waals surface area contributed by atoms with E-state index in [9.17, 15) is 4.79 Å². The van der Waals surface area contributed by atoms with Crippen molar-refractivity contribution >= 4 is 16.8 Å². The van der Waals surface area contributed by atoms with E-state index >= 15 is 0 Å². The predicted molar refractivity (Wildman–Crippen MR) is 72.2 cm³/mol.